The minimum absolute atomic E-state index is 0.864. The van der Waals surface area contributed by atoms with Crippen LogP contribution in [0.1, 0.15) is 0 Å². The molecule has 0 unspecified atom stereocenters. The van der Waals surface area contributed by atoms with E-state index < -0.39 is 0 Å². The SMILES string of the molecule is c1ccc2cc3c(cc2c1)c1ccc(-n2c4ccccc4c4ccccc42)cc1n3-c1ccc(-c2nc3ccccc3nc2-c2ccc3c(ccc4ccccc43)c2)c2ccccc12. The topological polar surface area (TPSA) is 35.6 Å². The maximum absolute atomic E-state index is 5.45. The Bertz CT molecular complexity index is 4210. The van der Waals surface area contributed by atoms with E-state index in [9.17, 15) is 0 Å². The predicted molar refractivity (Wildman–Crippen MR) is 269 cm³/mol. The third kappa shape index (κ3) is 5.11. The van der Waals surface area contributed by atoms with Crippen molar-refractivity contribution >= 4 is 97.7 Å². The first-order valence-electron chi connectivity index (χ1n) is 21.9. The lowest BCUT2D eigenvalue weighted by Gasteiger charge is -2.17. The molecule has 64 heavy (non-hydrogen) atoms. The third-order valence-electron chi connectivity index (χ3n) is 13.4. The minimum Gasteiger partial charge on any atom is -0.309 e. The van der Waals surface area contributed by atoms with Crippen molar-refractivity contribution in [3.8, 4) is 33.9 Å². The second-order valence-corrected chi connectivity index (χ2v) is 16.9. The number of hydrogen-bond donors (Lipinski definition) is 0. The van der Waals surface area contributed by atoms with Crippen molar-refractivity contribution in [2.45, 2.75) is 0 Å². The first kappa shape index (κ1) is 35.0. The number of aromatic nitrogens is 4. The van der Waals surface area contributed by atoms with Gasteiger partial charge in [-0.3, -0.25) is 0 Å². The second kappa shape index (κ2) is 13.4. The van der Waals surface area contributed by atoms with Gasteiger partial charge >= 0.3 is 0 Å². The van der Waals surface area contributed by atoms with Crippen LogP contribution in [0.3, 0.4) is 0 Å². The summed E-state index contributed by atoms with van der Waals surface area (Å²) in [5.74, 6) is 0. The summed E-state index contributed by atoms with van der Waals surface area (Å²) >= 11 is 0. The van der Waals surface area contributed by atoms with Crippen molar-refractivity contribution in [2.24, 2.45) is 0 Å². The Hall–Kier alpha value is -8.60. The summed E-state index contributed by atoms with van der Waals surface area (Å²) < 4.78 is 4.90. The first-order chi connectivity index (χ1) is 31.7. The summed E-state index contributed by atoms with van der Waals surface area (Å²) in [6, 6.07) is 79.2. The van der Waals surface area contributed by atoms with E-state index in [1.54, 1.807) is 0 Å². The van der Waals surface area contributed by atoms with Gasteiger partial charge in [0.25, 0.3) is 0 Å². The van der Waals surface area contributed by atoms with E-state index in [4.69, 9.17) is 9.97 Å². The number of para-hydroxylation sites is 4. The number of rotatable bonds is 4. The molecule has 0 atom stereocenters. The fraction of sp³-hybridized carbons (Fsp3) is 0. The van der Waals surface area contributed by atoms with E-state index in [2.05, 4.69) is 215 Å². The minimum atomic E-state index is 0.864. The molecule has 296 valence electrons. The Kier molecular flexibility index (Phi) is 7.36. The summed E-state index contributed by atoms with van der Waals surface area (Å²) in [5, 5.41) is 14.5. The Morgan fingerprint density at radius 2 is 0.828 bits per heavy atom. The summed E-state index contributed by atoms with van der Waals surface area (Å²) in [7, 11) is 0. The van der Waals surface area contributed by atoms with Crippen molar-refractivity contribution in [3.05, 3.63) is 218 Å². The van der Waals surface area contributed by atoms with Gasteiger partial charge < -0.3 is 9.13 Å². The van der Waals surface area contributed by atoms with Crippen molar-refractivity contribution in [3.63, 3.8) is 0 Å². The van der Waals surface area contributed by atoms with Gasteiger partial charge in [-0.1, -0.05) is 152 Å². The van der Waals surface area contributed by atoms with E-state index in [-0.39, 0.29) is 0 Å². The molecule has 0 bridgehead atoms. The molecule has 0 radical (unpaired) electrons. The molecule has 0 saturated carbocycles. The van der Waals surface area contributed by atoms with Gasteiger partial charge in [-0.25, -0.2) is 9.97 Å². The largest absolute Gasteiger partial charge is 0.309 e. The zero-order chi connectivity index (χ0) is 41.9. The molecular formula is C60H36N4. The molecule has 0 amide bonds. The van der Waals surface area contributed by atoms with Crippen LogP contribution in [-0.4, -0.2) is 19.1 Å². The van der Waals surface area contributed by atoms with Crippen LogP contribution in [0.25, 0.3) is 132 Å². The fourth-order valence-corrected chi connectivity index (χ4v) is 10.5. The molecule has 0 saturated heterocycles. The number of benzene rings is 11. The van der Waals surface area contributed by atoms with Crippen LogP contribution in [0.4, 0.5) is 0 Å². The Morgan fingerprint density at radius 3 is 1.59 bits per heavy atom. The third-order valence-corrected chi connectivity index (χ3v) is 13.4. The van der Waals surface area contributed by atoms with Crippen molar-refractivity contribution < 1.29 is 0 Å². The standard InChI is InChI=1S/C60H36N4/c1-2-15-39-35-57-51(34-38(39)14-1)49-30-28-42(63-54-23-11-7-19-47(54)48-20-8-12-24-55(48)63)36-58(49)64(57)56-32-31-50(45-17-5-6-18-46(45)56)60-59(61-52-21-9-10-22-53(52)62-60)41-27-29-44-40(33-41)26-25-37-13-3-4-16-43(37)44/h1-36H. The van der Waals surface area contributed by atoms with E-state index >= 15 is 0 Å². The van der Waals surface area contributed by atoms with Crippen LogP contribution < -0.4 is 0 Å². The van der Waals surface area contributed by atoms with Gasteiger partial charge in [0, 0.05) is 43.7 Å². The highest BCUT2D eigenvalue weighted by Crippen LogP contribution is 2.43. The van der Waals surface area contributed by atoms with Gasteiger partial charge in [-0.05, 0) is 104 Å². The molecule has 4 heteroatoms. The predicted octanol–water partition coefficient (Wildman–Crippen LogP) is 15.8. The van der Waals surface area contributed by atoms with Gasteiger partial charge in [-0.15, -0.1) is 0 Å². The summed E-state index contributed by atoms with van der Waals surface area (Å²) in [6.45, 7) is 0. The second-order valence-electron chi connectivity index (χ2n) is 16.9. The van der Waals surface area contributed by atoms with E-state index in [1.807, 2.05) is 12.1 Å². The van der Waals surface area contributed by atoms with Crippen LogP contribution in [0.5, 0.6) is 0 Å². The lowest BCUT2D eigenvalue weighted by Crippen LogP contribution is -2.00. The van der Waals surface area contributed by atoms with Gasteiger partial charge in [-0.2, -0.15) is 0 Å². The van der Waals surface area contributed by atoms with Crippen LogP contribution in [0, 0.1) is 0 Å². The van der Waals surface area contributed by atoms with Crippen molar-refractivity contribution in [1.29, 1.82) is 0 Å². The molecule has 3 aromatic heterocycles. The van der Waals surface area contributed by atoms with Gasteiger partial charge in [0.1, 0.15) is 0 Å². The maximum atomic E-state index is 5.45. The van der Waals surface area contributed by atoms with Crippen LogP contribution in [0.2, 0.25) is 0 Å². The molecule has 3 heterocycles. The fourth-order valence-electron chi connectivity index (χ4n) is 10.5. The number of hydrogen-bond acceptors (Lipinski definition) is 2. The summed E-state index contributed by atoms with van der Waals surface area (Å²) in [5.41, 5.74) is 12.5. The zero-order valence-electron chi connectivity index (χ0n) is 34.6. The average Bonchev–Trinajstić information content (AvgIpc) is 3.86. The lowest BCUT2D eigenvalue weighted by atomic mass is 9.95. The van der Waals surface area contributed by atoms with Crippen molar-refractivity contribution in [1.82, 2.24) is 19.1 Å². The molecule has 0 aliphatic carbocycles. The highest BCUT2D eigenvalue weighted by atomic mass is 15.0. The number of nitrogens with zero attached hydrogens (tertiary/aromatic N) is 4. The molecule has 0 aliphatic heterocycles. The highest BCUT2D eigenvalue weighted by molar-refractivity contribution is 6.17. The average molecular weight is 813 g/mol. The lowest BCUT2D eigenvalue weighted by molar-refractivity contribution is 1.16. The molecule has 0 aliphatic rings. The number of fused-ring (bicyclic) bond motifs is 12. The molecule has 0 fully saturated rings. The van der Waals surface area contributed by atoms with Crippen molar-refractivity contribution in [2.75, 3.05) is 0 Å². The normalized spacial score (nSPS) is 12.1. The summed E-state index contributed by atoms with van der Waals surface area (Å²) in [6.07, 6.45) is 0. The van der Waals surface area contributed by atoms with Gasteiger partial charge in [0.15, 0.2) is 0 Å². The molecule has 14 aromatic rings. The van der Waals surface area contributed by atoms with Gasteiger partial charge in [0.05, 0.1) is 50.2 Å². The monoisotopic (exact) mass is 812 g/mol. The Labute approximate surface area is 367 Å². The van der Waals surface area contributed by atoms with Gasteiger partial charge in [0.2, 0.25) is 0 Å². The first-order valence-corrected chi connectivity index (χ1v) is 21.9. The molecule has 14 rings (SSSR count). The molecule has 0 N–H and O–H groups in total. The maximum Gasteiger partial charge on any atom is 0.0979 e. The smallest absolute Gasteiger partial charge is 0.0979 e. The molecule has 0 spiro atoms. The summed E-state index contributed by atoms with van der Waals surface area (Å²) in [4.78, 5) is 10.8. The quantitative estimate of drug-likeness (QED) is 0.166. The van der Waals surface area contributed by atoms with E-state index in [0.717, 1.165) is 61.2 Å². The van der Waals surface area contributed by atoms with Crippen LogP contribution in [0.15, 0.2) is 218 Å². The zero-order valence-corrected chi connectivity index (χ0v) is 34.6. The Balaban J connectivity index is 1.03. The molecular weight excluding hydrogens is 777 g/mol. The highest BCUT2D eigenvalue weighted by Gasteiger charge is 2.22. The van der Waals surface area contributed by atoms with E-state index in [1.165, 1.54) is 70.4 Å². The Morgan fingerprint density at radius 1 is 0.281 bits per heavy atom. The van der Waals surface area contributed by atoms with Crippen LogP contribution >= 0.6 is 0 Å². The molecule has 11 aromatic carbocycles. The van der Waals surface area contributed by atoms with E-state index in [0.29, 0.717) is 0 Å². The van der Waals surface area contributed by atoms with Crippen LogP contribution in [-0.2, 0) is 0 Å². The molecule has 4 nitrogen and oxygen atoms in total.